The molecule has 3 heteroatoms. The van der Waals surface area contributed by atoms with Crippen LogP contribution in [0.5, 0.6) is 0 Å². The number of hydrogen-bond donors (Lipinski definition) is 1. The smallest absolute Gasteiger partial charge is 0.138 e. The van der Waals surface area contributed by atoms with Crippen molar-refractivity contribution in [3.8, 4) is 0 Å². The third-order valence-corrected chi connectivity index (χ3v) is 2.26. The highest BCUT2D eigenvalue weighted by molar-refractivity contribution is 6.05. The summed E-state index contributed by atoms with van der Waals surface area (Å²) in [5, 5.41) is 0. The molecule has 0 spiro atoms. The van der Waals surface area contributed by atoms with Gasteiger partial charge < -0.3 is 5.73 Å². The molecule has 2 N–H and O–H groups in total. The average Bonchev–Trinajstić information content (AvgIpc) is 2.48. The van der Waals surface area contributed by atoms with E-state index in [9.17, 15) is 4.79 Å². The molecule has 0 aliphatic heterocycles. The van der Waals surface area contributed by atoms with Gasteiger partial charge in [0, 0.05) is 12.3 Å². The van der Waals surface area contributed by atoms with E-state index in [-0.39, 0.29) is 11.7 Å². The SMILES string of the molecule is CC(=O)C1CCCC1=NCCN. The molecule has 0 amide bonds. The third kappa shape index (κ3) is 2.14. The molecule has 0 aromatic heterocycles. The van der Waals surface area contributed by atoms with Gasteiger partial charge in [0.1, 0.15) is 5.78 Å². The van der Waals surface area contributed by atoms with Crippen LogP contribution < -0.4 is 5.73 Å². The molecule has 0 aromatic rings. The fraction of sp³-hybridized carbons (Fsp3) is 0.778. The van der Waals surface area contributed by atoms with Crippen molar-refractivity contribution >= 4 is 11.5 Å². The number of nitrogens with two attached hydrogens (primary N) is 1. The van der Waals surface area contributed by atoms with E-state index >= 15 is 0 Å². The van der Waals surface area contributed by atoms with Gasteiger partial charge in [0.05, 0.1) is 12.5 Å². The molecule has 12 heavy (non-hydrogen) atoms. The molecule has 0 aromatic carbocycles. The molecule has 1 unspecified atom stereocenters. The number of ketones is 1. The number of carbonyl (C=O) groups excluding carboxylic acids is 1. The molecule has 1 fully saturated rings. The summed E-state index contributed by atoms with van der Waals surface area (Å²) in [6.07, 6.45) is 3.08. The van der Waals surface area contributed by atoms with Gasteiger partial charge in [-0.15, -0.1) is 0 Å². The van der Waals surface area contributed by atoms with E-state index in [1.807, 2.05) is 0 Å². The van der Waals surface area contributed by atoms with Crippen LogP contribution in [0.2, 0.25) is 0 Å². The van der Waals surface area contributed by atoms with Crippen molar-refractivity contribution in [2.75, 3.05) is 13.1 Å². The maximum absolute atomic E-state index is 11.1. The van der Waals surface area contributed by atoms with E-state index < -0.39 is 0 Å². The van der Waals surface area contributed by atoms with Crippen LogP contribution in [0, 0.1) is 5.92 Å². The lowest BCUT2D eigenvalue weighted by Crippen LogP contribution is -2.17. The van der Waals surface area contributed by atoms with Gasteiger partial charge in [0.25, 0.3) is 0 Å². The van der Waals surface area contributed by atoms with Crippen molar-refractivity contribution in [1.29, 1.82) is 0 Å². The summed E-state index contributed by atoms with van der Waals surface area (Å²) in [6, 6.07) is 0. The number of aliphatic imine (C=N–C) groups is 1. The molecule has 0 bridgehead atoms. The molecule has 0 heterocycles. The normalized spacial score (nSPS) is 26.5. The number of rotatable bonds is 3. The highest BCUT2D eigenvalue weighted by Crippen LogP contribution is 2.23. The number of Topliss-reactive ketones (excluding diaryl/α,β-unsaturated/α-hetero) is 1. The van der Waals surface area contributed by atoms with Crippen molar-refractivity contribution in [2.24, 2.45) is 16.6 Å². The summed E-state index contributed by atoms with van der Waals surface area (Å²) in [6.45, 7) is 2.89. The lowest BCUT2D eigenvalue weighted by atomic mass is 10.0. The molecule has 0 radical (unpaired) electrons. The van der Waals surface area contributed by atoms with E-state index in [4.69, 9.17) is 5.73 Å². The van der Waals surface area contributed by atoms with Crippen LogP contribution in [0.1, 0.15) is 26.2 Å². The molecular formula is C9H16N2O. The molecule has 1 rings (SSSR count). The minimum Gasteiger partial charge on any atom is -0.329 e. The van der Waals surface area contributed by atoms with Crippen LogP contribution in [0.25, 0.3) is 0 Å². The van der Waals surface area contributed by atoms with Crippen molar-refractivity contribution in [1.82, 2.24) is 0 Å². The topological polar surface area (TPSA) is 55.5 Å². The quantitative estimate of drug-likeness (QED) is 0.677. The molecule has 1 saturated carbocycles. The minimum absolute atomic E-state index is 0.108. The standard InChI is InChI=1S/C9H16N2O/c1-7(12)8-3-2-4-9(8)11-6-5-10/h8H,2-6,10H2,1H3. The Morgan fingerprint density at radius 2 is 2.50 bits per heavy atom. The third-order valence-electron chi connectivity index (χ3n) is 2.26. The zero-order chi connectivity index (χ0) is 8.97. The predicted molar refractivity (Wildman–Crippen MR) is 49.4 cm³/mol. The van der Waals surface area contributed by atoms with Crippen molar-refractivity contribution in [3.63, 3.8) is 0 Å². The van der Waals surface area contributed by atoms with Crippen molar-refractivity contribution < 1.29 is 4.79 Å². The average molecular weight is 168 g/mol. The van der Waals surface area contributed by atoms with Crippen LogP contribution in [0.4, 0.5) is 0 Å². The fourth-order valence-corrected chi connectivity index (χ4v) is 1.66. The van der Waals surface area contributed by atoms with Gasteiger partial charge in [-0.1, -0.05) is 0 Å². The molecule has 1 atom stereocenters. The molecule has 68 valence electrons. The van der Waals surface area contributed by atoms with Crippen LogP contribution in [0.3, 0.4) is 0 Å². The summed E-state index contributed by atoms with van der Waals surface area (Å²) in [7, 11) is 0. The molecule has 0 saturated heterocycles. The lowest BCUT2D eigenvalue weighted by Gasteiger charge is -2.05. The highest BCUT2D eigenvalue weighted by atomic mass is 16.1. The number of nitrogens with zero attached hydrogens (tertiary/aromatic N) is 1. The summed E-state index contributed by atoms with van der Waals surface area (Å²) in [4.78, 5) is 15.4. The predicted octanol–water partition coefficient (Wildman–Crippen LogP) is 0.775. The minimum atomic E-state index is 0.108. The summed E-state index contributed by atoms with van der Waals surface area (Å²) in [5.74, 6) is 0.361. The van der Waals surface area contributed by atoms with Gasteiger partial charge in [-0.25, -0.2) is 0 Å². The van der Waals surface area contributed by atoms with Crippen molar-refractivity contribution in [2.45, 2.75) is 26.2 Å². The van der Waals surface area contributed by atoms with E-state index in [0.29, 0.717) is 13.1 Å². The Kier molecular flexibility index (Phi) is 3.41. The Morgan fingerprint density at radius 1 is 1.75 bits per heavy atom. The maximum Gasteiger partial charge on any atom is 0.138 e. The van der Waals surface area contributed by atoms with E-state index in [0.717, 1.165) is 25.0 Å². The van der Waals surface area contributed by atoms with Gasteiger partial charge in [-0.3, -0.25) is 9.79 Å². The second kappa shape index (κ2) is 4.36. The molecule has 3 nitrogen and oxygen atoms in total. The van der Waals surface area contributed by atoms with Crippen LogP contribution in [-0.4, -0.2) is 24.6 Å². The summed E-state index contributed by atoms with van der Waals surface area (Å²) in [5.41, 5.74) is 6.41. The Balaban J connectivity index is 2.57. The van der Waals surface area contributed by atoms with Gasteiger partial charge in [-0.05, 0) is 26.2 Å². The second-order valence-electron chi connectivity index (χ2n) is 3.22. The monoisotopic (exact) mass is 168 g/mol. The second-order valence-corrected chi connectivity index (χ2v) is 3.22. The van der Waals surface area contributed by atoms with Gasteiger partial charge >= 0.3 is 0 Å². The first-order valence-corrected chi connectivity index (χ1v) is 4.49. The van der Waals surface area contributed by atoms with Gasteiger partial charge in [0.15, 0.2) is 0 Å². The maximum atomic E-state index is 11.1. The first-order chi connectivity index (χ1) is 5.75. The zero-order valence-electron chi connectivity index (χ0n) is 7.55. The molecular weight excluding hydrogens is 152 g/mol. The Bertz CT molecular complexity index is 199. The van der Waals surface area contributed by atoms with Gasteiger partial charge in [-0.2, -0.15) is 0 Å². The first-order valence-electron chi connectivity index (χ1n) is 4.49. The molecule has 1 aliphatic carbocycles. The summed E-state index contributed by atoms with van der Waals surface area (Å²) < 4.78 is 0. The zero-order valence-corrected chi connectivity index (χ0v) is 7.55. The largest absolute Gasteiger partial charge is 0.329 e. The number of hydrogen-bond acceptors (Lipinski definition) is 3. The Hall–Kier alpha value is -0.700. The summed E-state index contributed by atoms with van der Waals surface area (Å²) >= 11 is 0. The lowest BCUT2D eigenvalue weighted by molar-refractivity contribution is -0.118. The van der Waals surface area contributed by atoms with Gasteiger partial charge in [0.2, 0.25) is 0 Å². The van der Waals surface area contributed by atoms with E-state index in [1.54, 1.807) is 6.92 Å². The van der Waals surface area contributed by atoms with Crippen LogP contribution in [0.15, 0.2) is 4.99 Å². The highest BCUT2D eigenvalue weighted by Gasteiger charge is 2.25. The number of carbonyl (C=O) groups is 1. The van der Waals surface area contributed by atoms with Crippen LogP contribution in [-0.2, 0) is 4.79 Å². The fourth-order valence-electron chi connectivity index (χ4n) is 1.66. The first kappa shape index (κ1) is 9.39. The van der Waals surface area contributed by atoms with E-state index in [2.05, 4.69) is 4.99 Å². The van der Waals surface area contributed by atoms with Crippen LogP contribution >= 0.6 is 0 Å². The Labute approximate surface area is 73.0 Å². The molecule has 1 aliphatic rings. The Morgan fingerprint density at radius 3 is 3.08 bits per heavy atom. The van der Waals surface area contributed by atoms with E-state index in [1.165, 1.54) is 0 Å². The van der Waals surface area contributed by atoms with Crippen molar-refractivity contribution in [3.05, 3.63) is 0 Å².